The Hall–Kier alpha value is -0.655. The first-order chi connectivity index (χ1) is 11.3. The first-order valence-electron chi connectivity index (χ1n) is 9.04. The number of hydrogen-bond acceptors (Lipinski definition) is 4. The van der Waals surface area contributed by atoms with Crippen LogP contribution < -0.4 is 0 Å². The molecule has 2 aliphatic heterocycles. The second kappa shape index (κ2) is 6.92. The molecule has 0 radical (unpaired) electrons. The summed E-state index contributed by atoms with van der Waals surface area (Å²) in [7, 11) is -0.202. The van der Waals surface area contributed by atoms with Crippen LogP contribution in [0.4, 0.5) is 0 Å². The van der Waals surface area contributed by atoms with E-state index in [1.165, 1.54) is 5.47 Å². The molecule has 134 valence electrons. The number of ether oxygens (including phenoxy) is 1. The summed E-state index contributed by atoms with van der Waals surface area (Å²) in [5.74, 6) is 0. The Morgan fingerprint density at radius 1 is 1.29 bits per heavy atom. The standard InChI is InChI=1S/C18H30BNO4/c1-17(2)10-15(11-18(3,4)20(17)21)22-12-16-13-23-19(24-16)14-8-6-5-7-9-14/h5-6,8,15-16,21H,7,9-13H2,1-4H3/p+1. The van der Waals surface area contributed by atoms with Gasteiger partial charge in [0.15, 0.2) is 0 Å². The maximum absolute atomic E-state index is 8.33. The first kappa shape index (κ1) is 18.1. The molecule has 5 nitrogen and oxygen atoms in total. The molecule has 0 saturated carbocycles. The van der Waals surface area contributed by atoms with Crippen LogP contribution in [0.5, 0.6) is 0 Å². The highest BCUT2D eigenvalue weighted by Gasteiger charge is 2.49. The van der Waals surface area contributed by atoms with Crippen molar-refractivity contribution < 1.29 is 19.3 Å². The minimum absolute atomic E-state index is 0.00191. The topological polar surface area (TPSA) is 53.8 Å². The highest BCUT2D eigenvalue weighted by Crippen LogP contribution is 2.38. The normalized spacial score (nSPS) is 30.6. The summed E-state index contributed by atoms with van der Waals surface area (Å²) in [6.07, 6.45) is 10.3. The molecule has 0 spiro atoms. The van der Waals surface area contributed by atoms with Crippen molar-refractivity contribution in [1.29, 1.82) is 0 Å². The second-order valence-corrected chi connectivity index (χ2v) is 8.46. The van der Waals surface area contributed by atoms with Gasteiger partial charge in [-0.05, 0) is 58.9 Å². The molecule has 3 aliphatic rings. The van der Waals surface area contributed by atoms with Crippen molar-refractivity contribution in [2.45, 2.75) is 76.7 Å². The summed E-state index contributed by atoms with van der Waals surface area (Å²) < 4.78 is 18.0. The smallest absolute Gasteiger partial charge is 0.405 e. The van der Waals surface area contributed by atoms with Gasteiger partial charge in [0.1, 0.15) is 0 Å². The molecule has 6 heteroatoms. The van der Waals surface area contributed by atoms with Crippen LogP contribution in [0.15, 0.2) is 23.7 Å². The lowest BCUT2D eigenvalue weighted by molar-refractivity contribution is -0.262. The molecule has 2 N–H and O–H groups in total. The average molecular weight is 336 g/mol. The Morgan fingerprint density at radius 3 is 2.62 bits per heavy atom. The van der Waals surface area contributed by atoms with Gasteiger partial charge in [0, 0.05) is 0 Å². The van der Waals surface area contributed by atoms with Gasteiger partial charge in [0.25, 0.3) is 0 Å². The Morgan fingerprint density at radius 2 is 2.00 bits per heavy atom. The van der Waals surface area contributed by atoms with Gasteiger partial charge in [-0.25, -0.2) is 0 Å². The summed E-state index contributed by atoms with van der Waals surface area (Å²) in [5, 5.41) is 10.1. The first-order valence-corrected chi connectivity index (χ1v) is 9.04. The van der Waals surface area contributed by atoms with Crippen molar-refractivity contribution in [2.24, 2.45) is 0 Å². The van der Waals surface area contributed by atoms with Crippen molar-refractivity contribution in [3.05, 3.63) is 23.7 Å². The third kappa shape index (κ3) is 3.94. The van der Waals surface area contributed by atoms with E-state index in [2.05, 4.69) is 45.9 Å². The Kier molecular flexibility index (Phi) is 5.23. The second-order valence-electron chi connectivity index (χ2n) is 8.46. The lowest BCUT2D eigenvalue weighted by atomic mass is 9.74. The number of piperidine rings is 1. The van der Waals surface area contributed by atoms with Crippen molar-refractivity contribution in [3.8, 4) is 0 Å². The van der Waals surface area contributed by atoms with E-state index in [-0.39, 0.29) is 30.4 Å². The lowest BCUT2D eigenvalue weighted by Gasteiger charge is -2.47. The van der Waals surface area contributed by atoms with Gasteiger partial charge in [-0.3, -0.25) is 0 Å². The molecule has 1 unspecified atom stereocenters. The minimum Gasteiger partial charge on any atom is -0.405 e. The summed E-state index contributed by atoms with van der Waals surface area (Å²) >= 11 is 0. The Labute approximate surface area is 145 Å². The fourth-order valence-corrected chi connectivity index (χ4v) is 4.10. The zero-order valence-electron chi connectivity index (χ0n) is 15.4. The fraction of sp³-hybridized carbons (Fsp3) is 0.778. The van der Waals surface area contributed by atoms with E-state index in [4.69, 9.17) is 19.3 Å². The molecule has 2 saturated heterocycles. The molecule has 3 rings (SSSR count). The third-order valence-electron chi connectivity index (χ3n) is 5.28. The molecule has 1 atom stereocenters. The maximum Gasteiger partial charge on any atom is 0.490 e. The van der Waals surface area contributed by atoms with Gasteiger partial charge in [-0.2, -0.15) is 0 Å². The van der Waals surface area contributed by atoms with Gasteiger partial charge in [-0.15, -0.1) is 0 Å². The lowest BCUT2D eigenvalue weighted by Crippen LogP contribution is -2.60. The van der Waals surface area contributed by atoms with Gasteiger partial charge in [0.2, 0.25) is 0 Å². The predicted molar refractivity (Wildman–Crippen MR) is 95.6 cm³/mol. The summed E-state index contributed by atoms with van der Waals surface area (Å²) in [6.45, 7) is 9.62. The molecule has 0 bridgehead atoms. The zero-order chi connectivity index (χ0) is 17.4. The van der Waals surface area contributed by atoms with Crippen LogP contribution in [-0.2, 0) is 14.0 Å². The monoisotopic (exact) mass is 336 g/mol. The molecule has 0 aromatic carbocycles. The predicted octanol–water partition coefficient (Wildman–Crippen LogP) is 2.38. The molecule has 0 amide bonds. The number of allylic oxidation sites excluding steroid dienone is 4. The molecular formula is C18H31BNO4+. The Balaban J connectivity index is 1.50. The van der Waals surface area contributed by atoms with E-state index in [9.17, 15) is 0 Å². The van der Waals surface area contributed by atoms with Crippen LogP contribution in [0, 0.1) is 0 Å². The fourth-order valence-electron chi connectivity index (χ4n) is 4.10. The van der Waals surface area contributed by atoms with Crippen molar-refractivity contribution in [3.63, 3.8) is 0 Å². The minimum atomic E-state index is -0.202. The molecule has 24 heavy (non-hydrogen) atoms. The number of nitrogens with zero attached hydrogens (tertiary/aromatic N) is 1. The van der Waals surface area contributed by atoms with Crippen LogP contribution in [0.2, 0.25) is 0 Å². The molecule has 0 aromatic heterocycles. The van der Waals surface area contributed by atoms with Crippen LogP contribution in [0.25, 0.3) is 0 Å². The quantitative estimate of drug-likeness (QED) is 0.584. The number of rotatable bonds is 4. The highest BCUT2D eigenvalue weighted by molar-refractivity contribution is 6.54. The summed E-state index contributed by atoms with van der Waals surface area (Å²) in [4.78, 5) is 0. The van der Waals surface area contributed by atoms with E-state index in [0.717, 1.165) is 25.7 Å². The van der Waals surface area contributed by atoms with Gasteiger partial charge in [-0.1, -0.05) is 23.3 Å². The summed E-state index contributed by atoms with van der Waals surface area (Å²) in [5.41, 5.74) is 0.868. The zero-order valence-corrected chi connectivity index (χ0v) is 15.4. The molecule has 2 heterocycles. The van der Waals surface area contributed by atoms with Gasteiger partial charge >= 0.3 is 7.12 Å². The van der Waals surface area contributed by atoms with E-state index in [1.807, 2.05) is 0 Å². The summed E-state index contributed by atoms with van der Waals surface area (Å²) in [6, 6.07) is 0. The van der Waals surface area contributed by atoms with E-state index in [0.29, 0.717) is 13.2 Å². The molecule has 1 aliphatic carbocycles. The largest absolute Gasteiger partial charge is 0.490 e. The van der Waals surface area contributed by atoms with Crippen LogP contribution in [0.3, 0.4) is 0 Å². The molecule has 2 fully saturated rings. The molecule has 0 aromatic rings. The van der Waals surface area contributed by atoms with E-state index in [1.54, 1.807) is 5.06 Å². The van der Waals surface area contributed by atoms with Crippen LogP contribution in [0.1, 0.15) is 53.4 Å². The average Bonchev–Trinajstić information content (AvgIpc) is 3.00. The van der Waals surface area contributed by atoms with Gasteiger partial charge < -0.3 is 19.3 Å². The van der Waals surface area contributed by atoms with Crippen molar-refractivity contribution >= 4 is 7.12 Å². The van der Waals surface area contributed by atoms with Crippen molar-refractivity contribution in [2.75, 3.05) is 13.2 Å². The van der Waals surface area contributed by atoms with Crippen molar-refractivity contribution in [1.82, 2.24) is 5.06 Å². The van der Waals surface area contributed by atoms with Crippen LogP contribution >= 0.6 is 0 Å². The SMILES string of the molecule is CC1(C)CC(OCC2COB(C3=CC=CCC3)O2)CC(C)(C)N1[OH2+]. The van der Waals surface area contributed by atoms with Crippen LogP contribution in [-0.4, -0.2) is 53.9 Å². The number of hydrogen-bond donors (Lipinski definition) is 0. The Bertz CT molecular complexity index is 499. The molecular weight excluding hydrogens is 305 g/mol. The van der Waals surface area contributed by atoms with Gasteiger partial charge in [0.05, 0.1) is 36.5 Å². The highest BCUT2D eigenvalue weighted by atomic mass is 16.7. The van der Waals surface area contributed by atoms with E-state index >= 15 is 0 Å². The number of hydroxylamine groups is 2. The maximum atomic E-state index is 8.33. The van der Waals surface area contributed by atoms with E-state index < -0.39 is 0 Å². The third-order valence-corrected chi connectivity index (χ3v) is 5.28.